The highest BCUT2D eigenvalue weighted by molar-refractivity contribution is 5.92. The highest BCUT2D eigenvalue weighted by Crippen LogP contribution is 2.25. The zero-order valence-electron chi connectivity index (χ0n) is 7.82. The molecule has 0 fully saturated rings. The average molecular weight is 189 g/mol. The molecule has 0 saturated heterocycles. The third-order valence-corrected chi connectivity index (χ3v) is 2.36. The number of rotatable bonds is 1. The summed E-state index contributed by atoms with van der Waals surface area (Å²) in [6.07, 6.45) is 1.66. The first-order valence-corrected chi connectivity index (χ1v) is 4.49. The lowest BCUT2D eigenvalue weighted by molar-refractivity contribution is -0.133. The molecule has 0 aromatic heterocycles. The van der Waals surface area contributed by atoms with Crippen molar-refractivity contribution in [2.24, 2.45) is 0 Å². The summed E-state index contributed by atoms with van der Waals surface area (Å²) in [5.74, 6) is -0.911. The van der Waals surface area contributed by atoms with E-state index in [1.807, 2.05) is 31.2 Å². The minimum Gasteiger partial charge on any atom is -0.477 e. The third kappa shape index (κ3) is 1.37. The SMILES string of the molecule is CC1NC(C(=O)O)=Cc2ccccc21. The van der Waals surface area contributed by atoms with Crippen molar-refractivity contribution in [3.8, 4) is 0 Å². The fraction of sp³-hybridized carbons (Fsp3) is 0.182. The van der Waals surface area contributed by atoms with Crippen LogP contribution in [0.2, 0.25) is 0 Å². The van der Waals surface area contributed by atoms with E-state index in [1.165, 1.54) is 0 Å². The molecule has 0 saturated carbocycles. The van der Waals surface area contributed by atoms with Gasteiger partial charge in [-0.15, -0.1) is 0 Å². The number of carbonyl (C=O) groups is 1. The minimum absolute atomic E-state index is 0.0577. The van der Waals surface area contributed by atoms with Crippen LogP contribution < -0.4 is 5.32 Å². The smallest absolute Gasteiger partial charge is 0.351 e. The summed E-state index contributed by atoms with van der Waals surface area (Å²) in [4.78, 5) is 10.8. The largest absolute Gasteiger partial charge is 0.477 e. The number of hydrogen-bond donors (Lipinski definition) is 2. The Labute approximate surface area is 82.1 Å². The highest BCUT2D eigenvalue weighted by Gasteiger charge is 2.19. The molecule has 1 aromatic rings. The van der Waals surface area contributed by atoms with Gasteiger partial charge in [0.1, 0.15) is 5.70 Å². The van der Waals surface area contributed by atoms with Gasteiger partial charge in [-0.05, 0) is 24.1 Å². The second-order valence-corrected chi connectivity index (χ2v) is 3.36. The van der Waals surface area contributed by atoms with E-state index < -0.39 is 5.97 Å². The molecule has 2 rings (SSSR count). The number of benzene rings is 1. The van der Waals surface area contributed by atoms with E-state index in [1.54, 1.807) is 6.08 Å². The normalized spacial score (nSPS) is 19.2. The number of fused-ring (bicyclic) bond motifs is 1. The molecule has 3 nitrogen and oxygen atoms in total. The molecule has 1 aromatic carbocycles. The summed E-state index contributed by atoms with van der Waals surface area (Å²) in [7, 11) is 0. The van der Waals surface area contributed by atoms with E-state index in [9.17, 15) is 4.79 Å². The molecule has 0 bridgehead atoms. The standard InChI is InChI=1S/C11H11NO2/c1-7-9-5-3-2-4-8(9)6-10(12-7)11(13)14/h2-7,12H,1H3,(H,13,14). The van der Waals surface area contributed by atoms with Crippen molar-refractivity contribution >= 4 is 12.0 Å². The molecule has 1 heterocycles. The van der Waals surface area contributed by atoms with E-state index in [4.69, 9.17) is 5.11 Å². The van der Waals surface area contributed by atoms with Gasteiger partial charge in [0.15, 0.2) is 0 Å². The molecule has 1 atom stereocenters. The van der Waals surface area contributed by atoms with Crippen LogP contribution in [0, 0.1) is 0 Å². The third-order valence-electron chi connectivity index (χ3n) is 2.36. The molecular formula is C11H11NO2. The van der Waals surface area contributed by atoms with E-state index in [0.717, 1.165) is 11.1 Å². The van der Waals surface area contributed by atoms with Gasteiger partial charge in [-0.2, -0.15) is 0 Å². The van der Waals surface area contributed by atoms with E-state index in [0.29, 0.717) is 0 Å². The van der Waals surface area contributed by atoms with Crippen LogP contribution in [0.3, 0.4) is 0 Å². The Morgan fingerprint density at radius 3 is 2.86 bits per heavy atom. The fourth-order valence-electron chi connectivity index (χ4n) is 1.67. The zero-order valence-corrected chi connectivity index (χ0v) is 7.82. The summed E-state index contributed by atoms with van der Waals surface area (Å²) in [5, 5.41) is 11.8. The van der Waals surface area contributed by atoms with Crippen molar-refractivity contribution in [1.29, 1.82) is 0 Å². The van der Waals surface area contributed by atoms with Crippen LogP contribution in [0.4, 0.5) is 0 Å². The molecule has 0 radical (unpaired) electrons. The maximum atomic E-state index is 10.8. The van der Waals surface area contributed by atoms with E-state index >= 15 is 0 Å². The summed E-state index contributed by atoms with van der Waals surface area (Å²) >= 11 is 0. The van der Waals surface area contributed by atoms with Crippen molar-refractivity contribution in [2.75, 3.05) is 0 Å². The molecule has 2 N–H and O–H groups in total. The molecule has 0 spiro atoms. The predicted molar refractivity (Wildman–Crippen MR) is 53.6 cm³/mol. The monoisotopic (exact) mass is 189 g/mol. The summed E-state index contributed by atoms with van der Waals surface area (Å²) in [5.41, 5.74) is 2.38. The second-order valence-electron chi connectivity index (χ2n) is 3.36. The first-order chi connectivity index (χ1) is 6.68. The van der Waals surface area contributed by atoms with Crippen LogP contribution in [-0.4, -0.2) is 11.1 Å². The Hall–Kier alpha value is -1.77. The van der Waals surface area contributed by atoms with Crippen molar-refractivity contribution in [3.63, 3.8) is 0 Å². The Morgan fingerprint density at radius 2 is 2.14 bits per heavy atom. The number of nitrogens with one attached hydrogen (secondary N) is 1. The van der Waals surface area contributed by atoms with Crippen molar-refractivity contribution < 1.29 is 9.90 Å². The topological polar surface area (TPSA) is 49.3 Å². The summed E-state index contributed by atoms with van der Waals surface area (Å²) < 4.78 is 0. The van der Waals surface area contributed by atoms with Crippen LogP contribution in [0.1, 0.15) is 24.1 Å². The lowest BCUT2D eigenvalue weighted by Gasteiger charge is -2.22. The molecule has 1 unspecified atom stereocenters. The molecule has 0 aliphatic carbocycles. The maximum absolute atomic E-state index is 10.8. The molecule has 0 amide bonds. The number of carboxylic acid groups (broad SMARTS) is 1. The lowest BCUT2D eigenvalue weighted by Crippen LogP contribution is -2.26. The van der Waals surface area contributed by atoms with Crippen molar-refractivity contribution in [3.05, 3.63) is 41.1 Å². The number of hydrogen-bond acceptors (Lipinski definition) is 2. The number of carboxylic acids is 1. The average Bonchev–Trinajstić information content (AvgIpc) is 2.17. The fourth-order valence-corrected chi connectivity index (χ4v) is 1.67. The Morgan fingerprint density at radius 1 is 1.43 bits per heavy atom. The van der Waals surface area contributed by atoms with Crippen LogP contribution in [0.25, 0.3) is 6.08 Å². The van der Waals surface area contributed by atoms with E-state index in [2.05, 4.69) is 5.32 Å². The van der Waals surface area contributed by atoms with Gasteiger partial charge >= 0.3 is 5.97 Å². The van der Waals surface area contributed by atoms with Crippen LogP contribution >= 0.6 is 0 Å². The van der Waals surface area contributed by atoms with Gasteiger partial charge < -0.3 is 10.4 Å². The van der Waals surface area contributed by atoms with Crippen molar-refractivity contribution in [1.82, 2.24) is 5.32 Å². The molecule has 1 aliphatic rings. The molecule has 1 aliphatic heterocycles. The Balaban J connectivity index is 2.50. The van der Waals surface area contributed by atoms with Gasteiger partial charge in [0.05, 0.1) is 0 Å². The van der Waals surface area contributed by atoms with Gasteiger partial charge in [-0.1, -0.05) is 24.3 Å². The van der Waals surface area contributed by atoms with Gasteiger partial charge in [-0.25, -0.2) is 4.79 Å². The minimum atomic E-state index is -0.911. The first-order valence-electron chi connectivity index (χ1n) is 4.49. The summed E-state index contributed by atoms with van der Waals surface area (Å²) in [6, 6.07) is 7.85. The molecule has 3 heteroatoms. The van der Waals surface area contributed by atoms with Crippen molar-refractivity contribution in [2.45, 2.75) is 13.0 Å². The number of aliphatic carboxylic acids is 1. The van der Waals surface area contributed by atoms with Crippen LogP contribution in [0.15, 0.2) is 30.0 Å². The van der Waals surface area contributed by atoms with Gasteiger partial charge in [0, 0.05) is 6.04 Å². The lowest BCUT2D eigenvalue weighted by atomic mass is 9.97. The predicted octanol–water partition coefficient (Wildman–Crippen LogP) is 1.78. The van der Waals surface area contributed by atoms with Gasteiger partial charge in [0.2, 0.25) is 0 Å². The quantitative estimate of drug-likeness (QED) is 0.708. The Kier molecular flexibility index (Phi) is 2.00. The Bertz CT molecular complexity index is 410. The zero-order chi connectivity index (χ0) is 10.1. The molecule has 72 valence electrons. The first kappa shape index (κ1) is 8.81. The van der Waals surface area contributed by atoms with Crippen LogP contribution in [-0.2, 0) is 4.79 Å². The van der Waals surface area contributed by atoms with Gasteiger partial charge in [-0.3, -0.25) is 0 Å². The van der Waals surface area contributed by atoms with Crippen LogP contribution in [0.5, 0.6) is 0 Å². The highest BCUT2D eigenvalue weighted by atomic mass is 16.4. The second kappa shape index (κ2) is 3.18. The van der Waals surface area contributed by atoms with E-state index in [-0.39, 0.29) is 11.7 Å². The molecule has 14 heavy (non-hydrogen) atoms. The maximum Gasteiger partial charge on any atom is 0.351 e. The van der Waals surface area contributed by atoms with Gasteiger partial charge in [0.25, 0.3) is 0 Å². The molecular weight excluding hydrogens is 178 g/mol. The summed E-state index contributed by atoms with van der Waals surface area (Å²) in [6.45, 7) is 1.95.